The lowest BCUT2D eigenvalue weighted by atomic mass is 9.83. The van der Waals surface area contributed by atoms with E-state index in [0.717, 1.165) is 43.0 Å². The van der Waals surface area contributed by atoms with Crippen molar-refractivity contribution in [2.24, 2.45) is 23.9 Å². The van der Waals surface area contributed by atoms with Gasteiger partial charge >= 0.3 is 0 Å². The van der Waals surface area contributed by atoms with Crippen molar-refractivity contribution in [1.82, 2.24) is 20.4 Å². The molecular formula is C20H37N5. The van der Waals surface area contributed by atoms with Gasteiger partial charge in [-0.25, -0.2) is 0 Å². The number of aromatic nitrogens is 2. The molecule has 0 spiro atoms. The molecule has 0 aliphatic heterocycles. The van der Waals surface area contributed by atoms with Gasteiger partial charge in [0.25, 0.3) is 0 Å². The average molecular weight is 348 g/mol. The number of hydrogen-bond donors (Lipinski definition) is 2. The molecule has 0 amide bonds. The third-order valence-corrected chi connectivity index (χ3v) is 5.54. The third-order valence-electron chi connectivity index (χ3n) is 5.54. The highest BCUT2D eigenvalue weighted by atomic mass is 15.3. The van der Waals surface area contributed by atoms with Crippen molar-refractivity contribution in [2.75, 3.05) is 13.1 Å². The molecule has 142 valence electrons. The van der Waals surface area contributed by atoms with E-state index in [1.54, 1.807) is 0 Å². The van der Waals surface area contributed by atoms with Gasteiger partial charge in [-0.05, 0) is 64.4 Å². The van der Waals surface area contributed by atoms with Crippen molar-refractivity contribution in [1.29, 1.82) is 0 Å². The number of nitrogens with zero attached hydrogens (tertiary/aromatic N) is 3. The summed E-state index contributed by atoms with van der Waals surface area (Å²) in [5, 5.41) is 11.5. The SMILES string of the molecule is CCNC(=NCC1CCC(C)CC1)NC(C)Cc1c(C)nn(C)c1C. The van der Waals surface area contributed by atoms with Crippen LogP contribution in [0.15, 0.2) is 4.99 Å². The fourth-order valence-electron chi connectivity index (χ4n) is 3.76. The molecule has 1 heterocycles. The van der Waals surface area contributed by atoms with Crippen LogP contribution < -0.4 is 10.6 Å². The van der Waals surface area contributed by atoms with E-state index in [2.05, 4.69) is 50.4 Å². The van der Waals surface area contributed by atoms with Crippen LogP contribution >= 0.6 is 0 Å². The van der Waals surface area contributed by atoms with Gasteiger partial charge in [0.1, 0.15) is 0 Å². The summed E-state index contributed by atoms with van der Waals surface area (Å²) < 4.78 is 1.97. The first kappa shape index (κ1) is 19.8. The molecule has 1 saturated carbocycles. The summed E-state index contributed by atoms with van der Waals surface area (Å²) in [6.45, 7) is 12.8. The number of hydrogen-bond acceptors (Lipinski definition) is 2. The van der Waals surface area contributed by atoms with Crippen LogP contribution in [-0.4, -0.2) is 34.9 Å². The Bertz CT molecular complexity index is 567. The first-order valence-electron chi connectivity index (χ1n) is 9.94. The van der Waals surface area contributed by atoms with Gasteiger partial charge in [-0.15, -0.1) is 0 Å². The van der Waals surface area contributed by atoms with Crippen molar-refractivity contribution < 1.29 is 0 Å². The van der Waals surface area contributed by atoms with Gasteiger partial charge in [0.15, 0.2) is 5.96 Å². The van der Waals surface area contributed by atoms with Crippen molar-refractivity contribution in [3.63, 3.8) is 0 Å². The predicted molar refractivity (Wildman–Crippen MR) is 106 cm³/mol. The number of nitrogens with one attached hydrogen (secondary N) is 2. The molecule has 0 aromatic carbocycles. The lowest BCUT2D eigenvalue weighted by Gasteiger charge is -2.25. The highest BCUT2D eigenvalue weighted by molar-refractivity contribution is 5.80. The topological polar surface area (TPSA) is 54.2 Å². The predicted octanol–water partition coefficient (Wildman–Crippen LogP) is 3.35. The molecule has 1 aromatic rings. The summed E-state index contributed by atoms with van der Waals surface area (Å²) in [6, 6.07) is 0.325. The minimum atomic E-state index is 0.325. The molecule has 5 heteroatoms. The minimum Gasteiger partial charge on any atom is -0.357 e. The van der Waals surface area contributed by atoms with E-state index < -0.39 is 0 Å². The number of aliphatic imine (C=N–C) groups is 1. The standard InChI is InChI=1S/C20H37N5/c1-7-21-20(22-13-18-10-8-14(2)9-11-18)23-15(3)12-19-16(4)24-25(6)17(19)5/h14-15,18H,7-13H2,1-6H3,(H2,21,22,23). The van der Waals surface area contributed by atoms with Crippen LogP contribution in [0.2, 0.25) is 0 Å². The monoisotopic (exact) mass is 347 g/mol. The zero-order valence-electron chi connectivity index (χ0n) is 17.0. The minimum absolute atomic E-state index is 0.325. The van der Waals surface area contributed by atoms with E-state index in [0.29, 0.717) is 6.04 Å². The normalized spacial score (nSPS) is 22.7. The molecule has 5 nitrogen and oxygen atoms in total. The van der Waals surface area contributed by atoms with Gasteiger partial charge in [0, 0.05) is 31.9 Å². The summed E-state index contributed by atoms with van der Waals surface area (Å²) >= 11 is 0. The van der Waals surface area contributed by atoms with Crippen molar-refractivity contribution >= 4 is 5.96 Å². The molecule has 1 aromatic heterocycles. The number of guanidine groups is 1. The first-order valence-corrected chi connectivity index (χ1v) is 9.94. The maximum Gasteiger partial charge on any atom is 0.191 e. The second-order valence-electron chi connectivity index (χ2n) is 7.87. The molecule has 0 saturated heterocycles. The maximum absolute atomic E-state index is 4.87. The Morgan fingerprint density at radius 1 is 1.28 bits per heavy atom. The second-order valence-corrected chi connectivity index (χ2v) is 7.87. The number of aryl methyl sites for hydroxylation is 2. The van der Waals surface area contributed by atoms with Crippen molar-refractivity contribution in [3.05, 3.63) is 17.0 Å². The summed E-state index contributed by atoms with van der Waals surface area (Å²) in [4.78, 5) is 4.87. The van der Waals surface area contributed by atoms with Crippen LogP contribution in [0.25, 0.3) is 0 Å². The van der Waals surface area contributed by atoms with Crippen LogP contribution in [0, 0.1) is 25.7 Å². The van der Waals surface area contributed by atoms with Crippen LogP contribution in [0.5, 0.6) is 0 Å². The van der Waals surface area contributed by atoms with E-state index in [9.17, 15) is 0 Å². The van der Waals surface area contributed by atoms with Crippen molar-refractivity contribution in [2.45, 2.75) is 72.8 Å². The highest BCUT2D eigenvalue weighted by Crippen LogP contribution is 2.28. The van der Waals surface area contributed by atoms with Crippen LogP contribution in [0.1, 0.15) is 63.4 Å². The van der Waals surface area contributed by atoms with E-state index in [1.807, 2.05) is 11.7 Å². The van der Waals surface area contributed by atoms with Gasteiger partial charge in [0.2, 0.25) is 0 Å². The van der Waals surface area contributed by atoms with Gasteiger partial charge in [-0.3, -0.25) is 9.67 Å². The van der Waals surface area contributed by atoms with Crippen LogP contribution in [0.4, 0.5) is 0 Å². The molecule has 2 N–H and O–H groups in total. The molecule has 0 radical (unpaired) electrons. The molecule has 2 rings (SSSR count). The van der Waals surface area contributed by atoms with Crippen LogP contribution in [-0.2, 0) is 13.5 Å². The molecule has 1 aliphatic carbocycles. The Kier molecular flexibility index (Phi) is 7.33. The number of rotatable bonds is 6. The van der Waals surface area contributed by atoms with Gasteiger partial charge in [0.05, 0.1) is 5.69 Å². The molecule has 1 atom stereocenters. The maximum atomic E-state index is 4.87. The summed E-state index contributed by atoms with van der Waals surface area (Å²) in [7, 11) is 2.01. The Hall–Kier alpha value is -1.52. The fraction of sp³-hybridized carbons (Fsp3) is 0.800. The van der Waals surface area contributed by atoms with E-state index in [4.69, 9.17) is 4.99 Å². The Morgan fingerprint density at radius 3 is 2.52 bits per heavy atom. The smallest absolute Gasteiger partial charge is 0.191 e. The van der Waals surface area contributed by atoms with E-state index in [-0.39, 0.29) is 0 Å². The molecule has 1 aliphatic rings. The summed E-state index contributed by atoms with van der Waals surface area (Å²) in [5.74, 6) is 2.61. The average Bonchev–Trinajstić information content (AvgIpc) is 2.80. The third kappa shape index (κ3) is 5.75. The fourth-order valence-corrected chi connectivity index (χ4v) is 3.76. The van der Waals surface area contributed by atoms with Crippen LogP contribution in [0.3, 0.4) is 0 Å². The second kappa shape index (κ2) is 9.25. The molecule has 1 fully saturated rings. The van der Waals surface area contributed by atoms with Crippen molar-refractivity contribution in [3.8, 4) is 0 Å². The largest absolute Gasteiger partial charge is 0.357 e. The molecule has 0 bridgehead atoms. The molecule has 25 heavy (non-hydrogen) atoms. The quantitative estimate of drug-likeness (QED) is 0.613. The Morgan fingerprint density at radius 2 is 1.96 bits per heavy atom. The van der Waals surface area contributed by atoms with Gasteiger partial charge in [-0.1, -0.05) is 19.8 Å². The van der Waals surface area contributed by atoms with Gasteiger partial charge in [-0.2, -0.15) is 5.10 Å². The zero-order chi connectivity index (χ0) is 18.4. The highest BCUT2D eigenvalue weighted by Gasteiger charge is 2.18. The summed E-state index contributed by atoms with van der Waals surface area (Å²) in [6.07, 6.45) is 6.35. The lowest BCUT2D eigenvalue weighted by Crippen LogP contribution is -2.43. The van der Waals surface area contributed by atoms with E-state index >= 15 is 0 Å². The Labute approximate surface area is 153 Å². The van der Waals surface area contributed by atoms with Gasteiger partial charge < -0.3 is 10.6 Å². The first-order chi connectivity index (χ1) is 11.9. The lowest BCUT2D eigenvalue weighted by molar-refractivity contribution is 0.296. The molecule has 1 unspecified atom stereocenters. The Balaban J connectivity index is 1.91. The van der Waals surface area contributed by atoms with E-state index in [1.165, 1.54) is 36.9 Å². The summed E-state index contributed by atoms with van der Waals surface area (Å²) in [5.41, 5.74) is 3.73. The molecular weight excluding hydrogens is 310 g/mol. The zero-order valence-corrected chi connectivity index (χ0v) is 17.0.